The first kappa shape index (κ1) is 23.5. The van der Waals surface area contributed by atoms with Crippen LogP contribution in [0.5, 0.6) is 0 Å². The summed E-state index contributed by atoms with van der Waals surface area (Å²) in [5.74, 6) is 1.47. The van der Waals surface area contributed by atoms with Crippen molar-refractivity contribution in [3.8, 4) is 0 Å². The van der Waals surface area contributed by atoms with Crippen molar-refractivity contribution >= 4 is 34.8 Å². The molecule has 4 rings (SSSR count). The van der Waals surface area contributed by atoms with Crippen molar-refractivity contribution in [3.05, 3.63) is 69.0 Å². The Bertz CT molecular complexity index is 1310. The topological polar surface area (TPSA) is 94.5 Å². The first-order valence-corrected chi connectivity index (χ1v) is 11.5. The zero-order chi connectivity index (χ0) is 24.2. The third-order valence-electron chi connectivity index (χ3n) is 6.23. The van der Waals surface area contributed by atoms with Gasteiger partial charge in [-0.25, -0.2) is 4.98 Å². The van der Waals surface area contributed by atoms with E-state index in [1.165, 1.54) is 6.08 Å². The van der Waals surface area contributed by atoms with Gasteiger partial charge in [0.05, 0.1) is 6.54 Å². The number of amides is 1. The van der Waals surface area contributed by atoms with Crippen LogP contribution in [0.4, 0.5) is 5.69 Å². The van der Waals surface area contributed by atoms with Gasteiger partial charge in [0.1, 0.15) is 22.9 Å². The number of pyridine rings is 2. The summed E-state index contributed by atoms with van der Waals surface area (Å²) in [7, 11) is 1.75. The molecule has 1 amide bonds. The highest BCUT2D eigenvalue weighted by atomic mass is 16.3. The second kappa shape index (κ2) is 10.1. The number of nitrogens with zero attached hydrogens (tertiary/aromatic N) is 3. The number of hydrogen-bond donors (Lipinski definition) is 2. The van der Waals surface area contributed by atoms with Crippen LogP contribution in [0.2, 0.25) is 0 Å². The Labute approximate surface area is 199 Å². The zero-order valence-electron chi connectivity index (χ0n) is 20.1. The molecule has 1 aliphatic rings. The number of piperazine rings is 1. The number of nitrogens with one attached hydrogen (secondary N) is 2. The molecule has 0 aliphatic carbocycles. The lowest BCUT2D eigenvalue weighted by atomic mass is 10.1. The van der Waals surface area contributed by atoms with Gasteiger partial charge in [-0.05, 0) is 61.7 Å². The Morgan fingerprint density at radius 2 is 1.97 bits per heavy atom. The van der Waals surface area contributed by atoms with Gasteiger partial charge in [0.25, 0.3) is 5.56 Å². The van der Waals surface area contributed by atoms with E-state index in [2.05, 4.69) is 20.2 Å². The summed E-state index contributed by atoms with van der Waals surface area (Å²) in [6, 6.07) is 3.80. The third-order valence-corrected chi connectivity index (χ3v) is 6.23. The summed E-state index contributed by atoms with van der Waals surface area (Å²) >= 11 is 0. The maximum atomic E-state index is 12.7. The third kappa shape index (κ3) is 4.97. The Balaban J connectivity index is 1.50. The molecule has 0 radical (unpaired) electrons. The number of rotatable bonds is 6. The number of likely N-dealkylation sites (N-methyl/N-ethyl adjacent to an activating group) is 1. The molecule has 0 atom stereocenters. The highest BCUT2D eigenvalue weighted by molar-refractivity contribution is 5.92. The number of carbonyl (C=O) groups excluding carboxylic acids is 1. The molecule has 0 saturated carbocycles. The van der Waals surface area contributed by atoms with Gasteiger partial charge >= 0.3 is 0 Å². The van der Waals surface area contributed by atoms with Gasteiger partial charge in [0, 0.05) is 50.9 Å². The Kier molecular flexibility index (Phi) is 6.98. The van der Waals surface area contributed by atoms with E-state index in [9.17, 15) is 9.59 Å². The van der Waals surface area contributed by atoms with Crippen molar-refractivity contribution in [2.45, 2.75) is 27.3 Å². The van der Waals surface area contributed by atoms with Crippen molar-refractivity contribution in [1.29, 1.82) is 0 Å². The van der Waals surface area contributed by atoms with Gasteiger partial charge in [-0.1, -0.05) is 6.08 Å². The van der Waals surface area contributed by atoms with Crippen molar-refractivity contribution in [1.82, 2.24) is 20.2 Å². The molecule has 3 aromatic rings. The quantitative estimate of drug-likeness (QED) is 0.548. The molecule has 34 heavy (non-hydrogen) atoms. The standard InChI is InChI=1S/C26H31N5O3/c1-5-6-22-17(2)18(3)23(34-22)16-30(4)24(32)8-7-19-13-20-14-21(31-11-9-27-10-12-31)26(33)29-25(20)28-15-19/h5-8,13-15,27H,9-12,16H2,1-4H3,(H,28,29,33)/b6-5-,8-7+. The number of anilines is 1. The molecule has 0 spiro atoms. The van der Waals surface area contributed by atoms with Crippen molar-refractivity contribution < 1.29 is 9.21 Å². The Morgan fingerprint density at radius 3 is 2.71 bits per heavy atom. The average molecular weight is 462 g/mol. The fourth-order valence-corrected chi connectivity index (χ4v) is 4.06. The maximum Gasteiger partial charge on any atom is 0.273 e. The van der Waals surface area contributed by atoms with Crippen LogP contribution in [0.15, 0.2) is 39.7 Å². The van der Waals surface area contributed by atoms with Gasteiger partial charge in [-0.3, -0.25) is 9.59 Å². The zero-order valence-corrected chi connectivity index (χ0v) is 20.1. The lowest BCUT2D eigenvalue weighted by molar-refractivity contribution is -0.125. The van der Waals surface area contributed by atoms with Crippen LogP contribution >= 0.6 is 0 Å². The van der Waals surface area contributed by atoms with E-state index in [1.54, 1.807) is 24.2 Å². The molecule has 0 aromatic carbocycles. The van der Waals surface area contributed by atoms with Crippen molar-refractivity contribution in [2.75, 3.05) is 38.1 Å². The van der Waals surface area contributed by atoms with Gasteiger partial charge in [-0.15, -0.1) is 0 Å². The summed E-state index contributed by atoms with van der Waals surface area (Å²) in [6.45, 7) is 9.63. The lowest BCUT2D eigenvalue weighted by Crippen LogP contribution is -2.45. The number of allylic oxidation sites excluding steroid dienone is 1. The van der Waals surface area contributed by atoms with Crippen molar-refractivity contribution in [3.63, 3.8) is 0 Å². The summed E-state index contributed by atoms with van der Waals surface area (Å²) in [5, 5.41) is 4.12. The molecular weight excluding hydrogens is 430 g/mol. The predicted octanol–water partition coefficient (Wildman–Crippen LogP) is 3.25. The highest BCUT2D eigenvalue weighted by Crippen LogP contribution is 2.24. The van der Waals surface area contributed by atoms with E-state index < -0.39 is 0 Å². The molecule has 4 heterocycles. The van der Waals surface area contributed by atoms with Crippen LogP contribution < -0.4 is 15.8 Å². The largest absolute Gasteiger partial charge is 0.459 e. The minimum atomic E-state index is -0.136. The van der Waals surface area contributed by atoms with Gasteiger partial charge in [-0.2, -0.15) is 0 Å². The number of aromatic nitrogens is 2. The van der Waals surface area contributed by atoms with E-state index in [0.29, 0.717) is 17.9 Å². The fraction of sp³-hybridized carbons (Fsp3) is 0.346. The summed E-state index contributed by atoms with van der Waals surface area (Å²) in [5.41, 5.74) is 3.98. The van der Waals surface area contributed by atoms with Crippen molar-refractivity contribution in [2.24, 2.45) is 0 Å². The monoisotopic (exact) mass is 461 g/mol. The number of H-pyrrole nitrogens is 1. The van der Waals surface area contributed by atoms with E-state index in [-0.39, 0.29) is 11.5 Å². The van der Waals surface area contributed by atoms with Gasteiger partial charge in [0.15, 0.2) is 0 Å². The molecular formula is C26H31N5O3. The molecule has 0 bridgehead atoms. The molecule has 8 heteroatoms. The van der Waals surface area contributed by atoms with Gasteiger partial charge < -0.3 is 24.5 Å². The average Bonchev–Trinajstić information content (AvgIpc) is 3.10. The summed E-state index contributed by atoms with van der Waals surface area (Å²) < 4.78 is 5.94. The lowest BCUT2D eigenvalue weighted by Gasteiger charge is -2.28. The highest BCUT2D eigenvalue weighted by Gasteiger charge is 2.16. The SMILES string of the molecule is C/C=C\c1oc(CN(C)C(=O)/C=C/c2cnc3[nH]c(=O)c(N4CCNCC4)cc3c2)c(C)c1C. The first-order valence-electron chi connectivity index (χ1n) is 11.5. The van der Waals surface area contributed by atoms with Crippen LogP contribution in [0, 0.1) is 13.8 Å². The molecule has 178 valence electrons. The van der Waals surface area contributed by atoms with Crippen LogP contribution in [0.3, 0.4) is 0 Å². The maximum absolute atomic E-state index is 12.7. The smallest absolute Gasteiger partial charge is 0.273 e. The molecule has 3 aromatic heterocycles. The van der Waals surface area contributed by atoms with Crippen LogP contribution in [0.1, 0.15) is 35.1 Å². The van der Waals surface area contributed by atoms with Gasteiger partial charge in [0.2, 0.25) is 5.91 Å². The second-order valence-electron chi connectivity index (χ2n) is 8.59. The predicted molar refractivity (Wildman–Crippen MR) is 136 cm³/mol. The first-order chi connectivity index (χ1) is 16.4. The number of aromatic amines is 1. The molecule has 1 aliphatic heterocycles. The van der Waals surface area contributed by atoms with E-state index in [4.69, 9.17) is 4.42 Å². The van der Waals surface area contributed by atoms with Crippen LogP contribution in [-0.4, -0.2) is 54.0 Å². The molecule has 8 nitrogen and oxygen atoms in total. The second-order valence-corrected chi connectivity index (χ2v) is 8.59. The number of hydrogen-bond acceptors (Lipinski definition) is 6. The molecule has 0 unspecified atom stereocenters. The Hall–Kier alpha value is -3.65. The van der Waals surface area contributed by atoms with E-state index in [0.717, 1.165) is 59.8 Å². The Morgan fingerprint density at radius 1 is 1.21 bits per heavy atom. The number of furan rings is 1. The fourth-order valence-electron chi connectivity index (χ4n) is 4.06. The van der Waals surface area contributed by atoms with Crippen LogP contribution in [-0.2, 0) is 11.3 Å². The van der Waals surface area contributed by atoms with E-state index in [1.807, 2.05) is 45.1 Å². The summed E-state index contributed by atoms with van der Waals surface area (Å²) in [4.78, 5) is 36.2. The molecule has 1 fully saturated rings. The van der Waals surface area contributed by atoms with Crippen LogP contribution in [0.25, 0.3) is 23.2 Å². The minimum absolute atomic E-state index is 0.135. The number of carbonyl (C=O) groups is 1. The normalized spacial score (nSPS) is 14.5. The molecule has 2 N–H and O–H groups in total. The summed E-state index contributed by atoms with van der Waals surface area (Å²) in [6.07, 6.45) is 8.79. The number of fused-ring (bicyclic) bond motifs is 1. The molecule has 1 saturated heterocycles. The van der Waals surface area contributed by atoms with E-state index >= 15 is 0 Å². The minimum Gasteiger partial charge on any atom is -0.459 e.